The van der Waals surface area contributed by atoms with Crippen molar-refractivity contribution < 1.29 is 9.53 Å². The summed E-state index contributed by atoms with van der Waals surface area (Å²) >= 11 is 0. The lowest BCUT2D eigenvalue weighted by Crippen LogP contribution is -2.44. The molecule has 0 saturated carbocycles. The first-order valence-electron chi connectivity index (χ1n) is 8.42. The molecule has 0 aromatic carbocycles. The number of nitrogens with zero attached hydrogens (tertiary/aromatic N) is 3. The summed E-state index contributed by atoms with van der Waals surface area (Å²) in [4.78, 5) is 21.4. The molecule has 2 aliphatic rings. The fraction of sp³-hybridized carbons (Fsp3) is 0.647. The number of methoxy groups -OCH3 is 1. The molecule has 126 valence electrons. The molecule has 0 spiro atoms. The SMILES string of the molecule is CO[C@H]1C[C@@H](CN2CCCC2)N(C(=O)Nc2cccc(C)n2)C1. The number of anilines is 1. The zero-order valence-electron chi connectivity index (χ0n) is 14.0. The molecule has 3 heterocycles. The van der Waals surface area contributed by atoms with E-state index < -0.39 is 0 Å². The molecule has 0 radical (unpaired) electrons. The highest BCUT2D eigenvalue weighted by Crippen LogP contribution is 2.23. The smallest absolute Gasteiger partial charge is 0.323 e. The van der Waals surface area contributed by atoms with Crippen LogP contribution in [0.25, 0.3) is 0 Å². The number of carbonyl (C=O) groups is 1. The standard InChI is InChI=1S/C17H26N4O2/c1-13-6-5-7-16(18-13)19-17(22)21-12-15(23-2)10-14(21)11-20-8-3-4-9-20/h5-7,14-15H,3-4,8-12H2,1-2H3,(H,18,19,22)/t14-,15-/m0/s1. The number of amides is 2. The average molecular weight is 318 g/mol. The number of aryl methyl sites for hydroxylation is 1. The van der Waals surface area contributed by atoms with E-state index in [1.165, 1.54) is 12.8 Å². The van der Waals surface area contributed by atoms with Gasteiger partial charge in [0, 0.05) is 31.9 Å². The van der Waals surface area contributed by atoms with Crippen molar-refractivity contribution in [2.75, 3.05) is 38.6 Å². The predicted molar refractivity (Wildman–Crippen MR) is 89.6 cm³/mol. The minimum atomic E-state index is -0.0770. The van der Waals surface area contributed by atoms with E-state index in [2.05, 4.69) is 15.2 Å². The Bertz CT molecular complexity index is 545. The maximum atomic E-state index is 12.7. The summed E-state index contributed by atoms with van der Waals surface area (Å²) in [5.74, 6) is 0.607. The van der Waals surface area contributed by atoms with E-state index in [1.54, 1.807) is 7.11 Å². The Hall–Kier alpha value is -1.66. The van der Waals surface area contributed by atoms with Crippen LogP contribution in [0.1, 0.15) is 25.0 Å². The zero-order valence-corrected chi connectivity index (χ0v) is 14.0. The number of hydrogen-bond donors (Lipinski definition) is 1. The van der Waals surface area contributed by atoms with Crippen LogP contribution in [0.2, 0.25) is 0 Å². The molecule has 6 heteroatoms. The van der Waals surface area contributed by atoms with Crippen molar-refractivity contribution >= 4 is 11.8 Å². The third kappa shape index (κ3) is 4.00. The number of nitrogens with one attached hydrogen (secondary N) is 1. The minimum Gasteiger partial charge on any atom is -0.380 e. The number of rotatable bonds is 4. The molecule has 23 heavy (non-hydrogen) atoms. The van der Waals surface area contributed by atoms with Crippen LogP contribution >= 0.6 is 0 Å². The van der Waals surface area contributed by atoms with Crippen molar-refractivity contribution in [3.05, 3.63) is 23.9 Å². The van der Waals surface area contributed by atoms with Gasteiger partial charge in [0.1, 0.15) is 5.82 Å². The molecular weight excluding hydrogens is 292 g/mol. The summed E-state index contributed by atoms with van der Waals surface area (Å²) in [6.07, 6.45) is 3.56. The molecular formula is C17H26N4O2. The molecule has 2 saturated heterocycles. The van der Waals surface area contributed by atoms with Crippen LogP contribution < -0.4 is 5.32 Å². The summed E-state index contributed by atoms with van der Waals surface area (Å²) < 4.78 is 5.50. The van der Waals surface area contributed by atoms with Gasteiger partial charge in [-0.05, 0) is 51.4 Å². The van der Waals surface area contributed by atoms with E-state index in [4.69, 9.17) is 4.74 Å². The van der Waals surface area contributed by atoms with E-state index in [-0.39, 0.29) is 18.2 Å². The number of likely N-dealkylation sites (tertiary alicyclic amines) is 2. The van der Waals surface area contributed by atoms with E-state index in [9.17, 15) is 4.79 Å². The van der Waals surface area contributed by atoms with Crippen LogP contribution in [0.15, 0.2) is 18.2 Å². The van der Waals surface area contributed by atoms with Gasteiger partial charge in [-0.1, -0.05) is 6.07 Å². The van der Waals surface area contributed by atoms with Gasteiger partial charge in [-0.25, -0.2) is 9.78 Å². The maximum absolute atomic E-state index is 12.7. The molecule has 2 fully saturated rings. The number of pyridine rings is 1. The second kappa shape index (κ2) is 7.27. The maximum Gasteiger partial charge on any atom is 0.323 e. The quantitative estimate of drug-likeness (QED) is 0.924. The highest BCUT2D eigenvalue weighted by Gasteiger charge is 2.36. The Morgan fingerprint density at radius 3 is 2.87 bits per heavy atom. The first kappa shape index (κ1) is 16.2. The number of carbonyl (C=O) groups excluding carboxylic acids is 1. The summed E-state index contributed by atoms with van der Waals surface area (Å²) in [6.45, 7) is 5.79. The van der Waals surface area contributed by atoms with Crippen molar-refractivity contribution in [3.63, 3.8) is 0 Å². The molecule has 0 bridgehead atoms. The van der Waals surface area contributed by atoms with Gasteiger partial charge >= 0.3 is 6.03 Å². The van der Waals surface area contributed by atoms with Crippen LogP contribution in [0.4, 0.5) is 10.6 Å². The van der Waals surface area contributed by atoms with Crippen LogP contribution in [0.3, 0.4) is 0 Å². The van der Waals surface area contributed by atoms with Crippen LogP contribution in [-0.2, 0) is 4.74 Å². The Morgan fingerprint density at radius 1 is 1.39 bits per heavy atom. The molecule has 1 aromatic rings. The second-order valence-corrected chi connectivity index (χ2v) is 6.50. The van der Waals surface area contributed by atoms with Crippen molar-refractivity contribution in [3.8, 4) is 0 Å². The van der Waals surface area contributed by atoms with Gasteiger partial charge in [0.25, 0.3) is 0 Å². The molecule has 3 rings (SSSR count). The fourth-order valence-electron chi connectivity index (χ4n) is 3.52. The molecule has 1 aromatic heterocycles. The van der Waals surface area contributed by atoms with Crippen LogP contribution in [0, 0.1) is 6.92 Å². The monoisotopic (exact) mass is 318 g/mol. The summed E-state index contributed by atoms with van der Waals surface area (Å²) in [6, 6.07) is 5.78. The summed E-state index contributed by atoms with van der Waals surface area (Å²) in [5, 5.41) is 2.93. The van der Waals surface area contributed by atoms with Crippen LogP contribution in [0.5, 0.6) is 0 Å². The van der Waals surface area contributed by atoms with Crippen molar-refractivity contribution in [2.24, 2.45) is 0 Å². The summed E-state index contributed by atoms with van der Waals surface area (Å²) in [7, 11) is 1.72. The van der Waals surface area contributed by atoms with Crippen molar-refractivity contribution in [2.45, 2.75) is 38.3 Å². The van der Waals surface area contributed by atoms with Gasteiger partial charge < -0.3 is 14.5 Å². The molecule has 0 unspecified atom stereocenters. The topological polar surface area (TPSA) is 57.7 Å². The van der Waals surface area contributed by atoms with Gasteiger partial charge in [0.15, 0.2) is 0 Å². The lowest BCUT2D eigenvalue weighted by Gasteiger charge is -2.28. The number of ether oxygens (including phenoxy) is 1. The fourth-order valence-corrected chi connectivity index (χ4v) is 3.52. The second-order valence-electron chi connectivity index (χ2n) is 6.50. The highest BCUT2D eigenvalue weighted by molar-refractivity contribution is 5.88. The molecule has 1 N–H and O–H groups in total. The number of urea groups is 1. The normalized spacial score (nSPS) is 25.0. The first-order chi connectivity index (χ1) is 11.2. The van der Waals surface area contributed by atoms with E-state index >= 15 is 0 Å². The van der Waals surface area contributed by atoms with Gasteiger partial charge in [0.2, 0.25) is 0 Å². The third-order valence-electron chi connectivity index (χ3n) is 4.76. The lowest BCUT2D eigenvalue weighted by molar-refractivity contribution is 0.111. The summed E-state index contributed by atoms with van der Waals surface area (Å²) in [5.41, 5.74) is 0.896. The Morgan fingerprint density at radius 2 is 2.17 bits per heavy atom. The van der Waals surface area contributed by atoms with Crippen molar-refractivity contribution in [1.82, 2.24) is 14.8 Å². The minimum absolute atomic E-state index is 0.0770. The Labute approximate surface area is 137 Å². The average Bonchev–Trinajstić information content (AvgIpc) is 3.17. The van der Waals surface area contributed by atoms with E-state index in [1.807, 2.05) is 30.0 Å². The lowest BCUT2D eigenvalue weighted by atomic mass is 10.2. The molecule has 2 aliphatic heterocycles. The zero-order chi connectivity index (χ0) is 16.2. The van der Waals surface area contributed by atoms with Gasteiger partial charge in [-0.15, -0.1) is 0 Å². The molecule has 2 amide bonds. The highest BCUT2D eigenvalue weighted by atomic mass is 16.5. The van der Waals surface area contributed by atoms with E-state index in [0.29, 0.717) is 12.4 Å². The van der Waals surface area contributed by atoms with Gasteiger partial charge in [0.05, 0.1) is 6.10 Å². The van der Waals surface area contributed by atoms with Crippen LogP contribution in [-0.4, -0.2) is 66.2 Å². The largest absolute Gasteiger partial charge is 0.380 e. The predicted octanol–water partition coefficient (Wildman–Crippen LogP) is 2.11. The molecule has 0 aliphatic carbocycles. The van der Waals surface area contributed by atoms with Crippen molar-refractivity contribution in [1.29, 1.82) is 0 Å². The Kier molecular flexibility index (Phi) is 5.13. The molecule has 2 atom stereocenters. The first-order valence-corrected chi connectivity index (χ1v) is 8.42. The van der Waals surface area contributed by atoms with E-state index in [0.717, 1.165) is 31.7 Å². The van der Waals surface area contributed by atoms with Gasteiger partial charge in [-0.2, -0.15) is 0 Å². The number of hydrogen-bond acceptors (Lipinski definition) is 4. The number of aromatic nitrogens is 1. The Balaban J connectivity index is 1.65. The third-order valence-corrected chi connectivity index (χ3v) is 4.76. The molecule has 6 nitrogen and oxygen atoms in total. The van der Waals surface area contributed by atoms with Gasteiger partial charge in [-0.3, -0.25) is 5.32 Å².